The Labute approximate surface area is 94.3 Å². The predicted molar refractivity (Wildman–Crippen MR) is 66.8 cm³/mol. The Hall–Kier alpha value is -0.590. The molecule has 0 saturated carbocycles. The van der Waals surface area contributed by atoms with Crippen LogP contribution in [0.25, 0.3) is 0 Å². The lowest BCUT2D eigenvalue weighted by Gasteiger charge is -2.30. The number of hydrogen-bond acceptors (Lipinski definition) is 0. The average molecular weight is 212 g/mol. The second-order valence-electron chi connectivity index (χ2n) is 4.79. The Bertz CT molecular complexity index is 207. The number of alkyl halides is 1. The molecule has 0 aliphatic carbocycles. The van der Waals surface area contributed by atoms with Crippen molar-refractivity contribution < 1.29 is 4.39 Å². The largest absolute Gasteiger partial charge is 0.247 e. The van der Waals surface area contributed by atoms with Crippen molar-refractivity contribution in [3.05, 3.63) is 24.8 Å². The van der Waals surface area contributed by atoms with Gasteiger partial charge in [-0.1, -0.05) is 39.0 Å². The highest BCUT2D eigenvalue weighted by molar-refractivity contribution is 5.00. The summed E-state index contributed by atoms with van der Waals surface area (Å²) in [4.78, 5) is 0. The molecule has 15 heavy (non-hydrogen) atoms. The van der Waals surface area contributed by atoms with Gasteiger partial charge in [0.25, 0.3) is 0 Å². The van der Waals surface area contributed by atoms with Crippen LogP contribution in [0, 0.1) is 5.41 Å². The first-order valence-electron chi connectivity index (χ1n) is 5.89. The van der Waals surface area contributed by atoms with Crippen molar-refractivity contribution in [2.24, 2.45) is 5.41 Å². The first-order chi connectivity index (χ1) is 6.97. The molecule has 0 amide bonds. The first kappa shape index (κ1) is 14.4. The van der Waals surface area contributed by atoms with Gasteiger partial charge in [0.05, 0.1) is 0 Å². The van der Waals surface area contributed by atoms with Crippen LogP contribution < -0.4 is 0 Å². The van der Waals surface area contributed by atoms with E-state index < -0.39 is 6.17 Å². The Morgan fingerprint density at radius 2 is 2.07 bits per heavy atom. The third-order valence-corrected chi connectivity index (χ3v) is 2.97. The molecule has 0 aromatic heterocycles. The van der Waals surface area contributed by atoms with Crippen molar-refractivity contribution in [1.29, 1.82) is 0 Å². The quantitative estimate of drug-likeness (QED) is 0.493. The van der Waals surface area contributed by atoms with E-state index in [1.54, 1.807) is 0 Å². The highest BCUT2D eigenvalue weighted by Crippen LogP contribution is 2.36. The molecule has 0 bridgehead atoms. The van der Waals surface area contributed by atoms with Crippen LogP contribution in [-0.4, -0.2) is 6.17 Å². The van der Waals surface area contributed by atoms with Gasteiger partial charge in [-0.15, -0.1) is 6.58 Å². The number of halogens is 1. The molecule has 0 N–H and O–H groups in total. The van der Waals surface area contributed by atoms with Crippen LogP contribution in [0.4, 0.5) is 4.39 Å². The van der Waals surface area contributed by atoms with Crippen molar-refractivity contribution in [2.75, 3.05) is 0 Å². The molecule has 0 radical (unpaired) electrons. The minimum atomic E-state index is -0.695. The molecule has 0 fully saturated rings. The molecule has 0 spiro atoms. The Balaban J connectivity index is 4.42. The summed E-state index contributed by atoms with van der Waals surface area (Å²) in [5, 5.41) is 0. The zero-order valence-electron chi connectivity index (χ0n) is 10.5. The van der Waals surface area contributed by atoms with E-state index in [1.165, 1.54) is 5.57 Å². The Kier molecular flexibility index (Phi) is 6.55. The minimum Gasteiger partial charge on any atom is -0.247 e. The standard InChI is InChI=1S/C14H25F/c1-6-9-14(5,10-12(4)7-2)11-13(15)8-3/h6,13H,1,4,7-11H2,2-3,5H3. The van der Waals surface area contributed by atoms with Crippen molar-refractivity contribution in [2.45, 2.75) is 59.0 Å². The molecule has 0 aromatic carbocycles. The summed E-state index contributed by atoms with van der Waals surface area (Å²) in [6, 6.07) is 0. The maximum atomic E-state index is 13.4. The Morgan fingerprint density at radius 1 is 1.47 bits per heavy atom. The van der Waals surface area contributed by atoms with Gasteiger partial charge in [-0.25, -0.2) is 4.39 Å². The summed E-state index contributed by atoms with van der Waals surface area (Å²) in [6.45, 7) is 13.9. The van der Waals surface area contributed by atoms with E-state index in [9.17, 15) is 4.39 Å². The summed E-state index contributed by atoms with van der Waals surface area (Å²) in [6.07, 6.45) is 5.18. The topological polar surface area (TPSA) is 0 Å². The summed E-state index contributed by atoms with van der Waals surface area (Å²) in [7, 11) is 0. The van der Waals surface area contributed by atoms with Gasteiger partial charge in [-0.2, -0.15) is 0 Å². The van der Waals surface area contributed by atoms with Gasteiger partial charge in [0.1, 0.15) is 6.17 Å². The molecule has 0 nitrogen and oxygen atoms in total. The van der Waals surface area contributed by atoms with E-state index in [0.717, 1.165) is 19.3 Å². The lowest BCUT2D eigenvalue weighted by Crippen LogP contribution is -2.21. The third-order valence-electron chi connectivity index (χ3n) is 2.97. The zero-order chi connectivity index (χ0) is 11.9. The van der Waals surface area contributed by atoms with E-state index in [-0.39, 0.29) is 5.41 Å². The SMILES string of the molecule is C=CCC(C)(CC(=C)CC)CC(F)CC. The third kappa shape index (κ3) is 5.76. The monoisotopic (exact) mass is 212 g/mol. The van der Waals surface area contributed by atoms with E-state index in [4.69, 9.17) is 0 Å². The summed E-state index contributed by atoms with van der Waals surface area (Å²) in [5.74, 6) is 0. The van der Waals surface area contributed by atoms with Crippen LogP contribution in [0.3, 0.4) is 0 Å². The highest BCUT2D eigenvalue weighted by atomic mass is 19.1. The fraction of sp³-hybridized carbons (Fsp3) is 0.714. The zero-order valence-corrected chi connectivity index (χ0v) is 10.5. The molecule has 0 heterocycles. The van der Waals surface area contributed by atoms with Crippen LogP contribution >= 0.6 is 0 Å². The van der Waals surface area contributed by atoms with E-state index >= 15 is 0 Å². The molecule has 0 rings (SSSR count). The molecule has 0 aliphatic rings. The van der Waals surface area contributed by atoms with Crippen LogP contribution in [0.5, 0.6) is 0 Å². The van der Waals surface area contributed by atoms with Gasteiger partial charge in [-0.05, 0) is 37.5 Å². The highest BCUT2D eigenvalue weighted by Gasteiger charge is 2.26. The van der Waals surface area contributed by atoms with Crippen LogP contribution in [0.15, 0.2) is 24.8 Å². The lowest BCUT2D eigenvalue weighted by atomic mass is 9.76. The second kappa shape index (κ2) is 6.81. The molecule has 2 unspecified atom stereocenters. The predicted octanol–water partition coefficient (Wildman–Crippen LogP) is 5.06. The number of allylic oxidation sites excluding steroid dienone is 2. The lowest BCUT2D eigenvalue weighted by molar-refractivity contribution is 0.186. The minimum absolute atomic E-state index is 0.00424. The normalized spacial score (nSPS) is 16.8. The fourth-order valence-corrected chi connectivity index (χ4v) is 1.98. The maximum Gasteiger partial charge on any atom is 0.100 e. The molecular formula is C14H25F. The van der Waals surface area contributed by atoms with E-state index in [0.29, 0.717) is 12.8 Å². The maximum absolute atomic E-state index is 13.4. The summed E-state index contributed by atoms with van der Waals surface area (Å²) >= 11 is 0. The van der Waals surface area contributed by atoms with Gasteiger partial charge in [0.15, 0.2) is 0 Å². The molecular weight excluding hydrogens is 187 g/mol. The first-order valence-corrected chi connectivity index (χ1v) is 5.89. The number of hydrogen-bond donors (Lipinski definition) is 0. The molecule has 2 atom stereocenters. The molecule has 88 valence electrons. The van der Waals surface area contributed by atoms with E-state index in [2.05, 4.69) is 27.0 Å². The smallest absolute Gasteiger partial charge is 0.100 e. The number of rotatable bonds is 8. The van der Waals surface area contributed by atoms with Crippen LogP contribution in [-0.2, 0) is 0 Å². The average Bonchev–Trinajstić information content (AvgIpc) is 2.17. The van der Waals surface area contributed by atoms with Crippen LogP contribution in [0.1, 0.15) is 52.9 Å². The molecule has 1 heteroatoms. The van der Waals surface area contributed by atoms with E-state index in [1.807, 2.05) is 13.0 Å². The Morgan fingerprint density at radius 3 is 2.47 bits per heavy atom. The molecule has 0 aromatic rings. The second-order valence-corrected chi connectivity index (χ2v) is 4.79. The van der Waals surface area contributed by atoms with Crippen molar-refractivity contribution in [1.82, 2.24) is 0 Å². The van der Waals surface area contributed by atoms with Crippen molar-refractivity contribution >= 4 is 0 Å². The van der Waals surface area contributed by atoms with Gasteiger partial charge < -0.3 is 0 Å². The molecule has 0 saturated heterocycles. The van der Waals surface area contributed by atoms with Gasteiger partial charge in [0.2, 0.25) is 0 Å². The van der Waals surface area contributed by atoms with Gasteiger partial charge >= 0.3 is 0 Å². The van der Waals surface area contributed by atoms with Crippen LogP contribution in [0.2, 0.25) is 0 Å². The molecule has 0 aliphatic heterocycles. The fourth-order valence-electron chi connectivity index (χ4n) is 1.98. The summed E-state index contributed by atoms with van der Waals surface area (Å²) < 4.78 is 13.4. The van der Waals surface area contributed by atoms with Crippen molar-refractivity contribution in [3.63, 3.8) is 0 Å². The van der Waals surface area contributed by atoms with Crippen molar-refractivity contribution in [3.8, 4) is 0 Å². The van der Waals surface area contributed by atoms with Gasteiger partial charge in [0, 0.05) is 0 Å². The van der Waals surface area contributed by atoms with Gasteiger partial charge in [-0.3, -0.25) is 0 Å². The summed E-state index contributed by atoms with van der Waals surface area (Å²) in [5.41, 5.74) is 1.22.